The number of para-hydroxylation sites is 1. The highest BCUT2D eigenvalue weighted by Crippen LogP contribution is 2.30. The van der Waals surface area contributed by atoms with Crippen LogP contribution in [0.5, 0.6) is 17.5 Å². The maximum atomic E-state index is 11.8. The smallest absolute Gasteiger partial charge is 0.350 e. The fraction of sp³-hybridized carbons (Fsp3) is 0. The molecule has 0 saturated heterocycles. The summed E-state index contributed by atoms with van der Waals surface area (Å²) < 4.78 is 4.76. The van der Waals surface area contributed by atoms with Gasteiger partial charge in [-0.25, -0.2) is 4.79 Å². The van der Waals surface area contributed by atoms with Crippen LogP contribution in [-0.2, 0) is 0 Å². The second-order valence-electron chi connectivity index (χ2n) is 3.53. The molecular weight excluding hydrogens is 256 g/mol. The van der Waals surface area contributed by atoms with Crippen LogP contribution in [0.15, 0.2) is 30.3 Å². The van der Waals surface area contributed by atoms with Gasteiger partial charge in [-0.3, -0.25) is 15.1 Å². The molecule has 0 bridgehead atoms. The number of carbonyl (C=O) groups excluding carboxylic acids is 1. The van der Waals surface area contributed by atoms with Crippen molar-refractivity contribution in [2.45, 2.75) is 0 Å². The van der Waals surface area contributed by atoms with Gasteiger partial charge in [0.15, 0.2) is 11.6 Å². The lowest BCUT2D eigenvalue weighted by Gasteiger charge is -2.03. The highest BCUT2D eigenvalue weighted by Gasteiger charge is 2.22. The fourth-order valence-electron chi connectivity index (χ4n) is 1.45. The molecule has 1 aromatic carbocycles. The van der Waals surface area contributed by atoms with E-state index in [1.165, 1.54) is 18.2 Å². The van der Waals surface area contributed by atoms with E-state index in [0.29, 0.717) is 0 Å². The summed E-state index contributed by atoms with van der Waals surface area (Å²) in [6.07, 6.45) is 0. The molecule has 0 aliphatic heterocycles. The van der Waals surface area contributed by atoms with Crippen LogP contribution in [-0.4, -0.2) is 26.1 Å². The summed E-state index contributed by atoms with van der Waals surface area (Å²) >= 11 is 0. The number of H-pyrrole nitrogens is 1. The molecule has 98 valence electrons. The third-order valence-electron chi connectivity index (χ3n) is 2.27. The number of aromatic hydroxyl groups is 2. The SMILES string of the molecule is O=C(Oc1cc(O)[nH]c1O)c1ccccc1[N+](=O)[O-]. The Morgan fingerprint density at radius 1 is 1.32 bits per heavy atom. The van der Waals surface area contributed by atoms with Crippen molar-refractivity contribution in [3.05, 3.63) is 46.0 Å². The number of rotatable bonds is 3. The number of esters is 1. The number of aromatic amines is 1. The topological polar surface area (TPSA) is 126 Å². The van der Waals surface area contributed by atoms with Gasteiger partial charge in [-0.2, -0.15) is 0 Å². The Balaban J connectivity index is 2.30. The third kappa shape index (κ3) is 2.46. The predicted octanol–water partition coefficient (Wildman–Crippen LogP) is 1.55. The molecule has 3 N–H and O–H groups in total. The number of hydrogen-bond donors (Lipinski definition) is 3. The van der Waals surface area contributed by atoms with Crippen LogP contribution >= 0.6 is 0 Å². The van der Waals surface area contributed by atoms with Crippen LogP contribution in [0.3, 0.4) is 0 Å². The maximum absolute atomic E-state index is 11.8. The maximum Gasteiger partial charge on any atom is 0.350 e. The van der Waals surface area contributed by atoms with Gasteiger partial charge in [0.2, 0.25) is 5.88 Å². The Kier molecular flexibility index (Phi) is 3.06. The number of benzene rings is 1. The van der Waals surface area contributed by atoms with Crippen molar-refractivity contribution >= 4 is 11.7 Å². The van der Waals surface area contributed by atoms with E-state index in [1.807, 2.05) is 0 Å². The molecule has 0 unspecified atom stereocenters. The normalized spacial score (nSPS) is 10.1. The van der Waals surface area contributed by atoms with E-state index < -0.39 is 28.3 Å². The molecule has 0 atom stereocenters. The van der Waals surface area contributed by atoms with Crippen molar-refractivity contribution < 1.29 is 24.7 Å². The molecule has 1 aromatic heterocycles. The molecule has 0 aliphatic rings. The molecule has 0 fully saturated rings. The zero-order chi connectivity index (χ0) is 14.0. The minimum atomic E-state index is -1.01. The molecular formula is C11H8N2O6. The minimum absolute atomic E-state index is 0.257. The molecule has 8 heteroatoms. The van der Waals surface area contributed by atoms with Crippen LogP contribution in [0.25, 0.3) is 0 Å². The van der Waals surface area contributed by atoms with E-state index in [9.17, 15) is 20.0 Å². The number of ether oxygens (including phenoxy) is 1. The number of nitrogens with zero attached hydrogens (tertiary/aromatic N) is 1. The summed E-state index contributed by atoms with van der Waals surface area (Å²) in [6, 6.07) is 6.21. The zero-order valence-corrected chi connectivity index (χ0v) is 9.36. The van der Waals surface area contributed by atoms with Gasteiger partial charge in [0.1, 0.15) is 5.56 Å². The molecule has 2 aromatic rings. The largest absolute Gasteiger partial charge is 0.494 e. The molecule has 1 heterocycles. The van der Waals surface area contributed by atoms with Gasteiger partial charge in [0.25, 0.3) is 5.69 Å². The van der Waals surface area contributed by atoms with Gasteiger partial charge >= 0.3 is 5.97 Å². The van der Waals surface area contributed by atoms with E-state index in [1.54, 1.807) is 0 Å². The van der Waals surface area contributed by atoms with Crippen molar-refractivity contribution in [1.29, 1.82) is 0 Å². The summed E-state index contributed by atoms with van der Waals surface area (Å²) in [6.45, 7) is 0. The molecule has 0 aliphatic carbocycles. The summed E-state index contributed by atoms with van der Waals surface area (Å²) in [5, 5.41) is 29.1. The number of aromatic nitrogens is 1. The Hall–Kier alpha value is -3.03. The van der Waals surface area contributed by atoms with Crippen molar-refractivity contribution in [1.82, 2.24) is 4.98 Å². The van der Waals surface area contributed by atoms with E-state index in [-0.39, 0.29) is 11.3 Å². The van der Waals surface area contributed by atoms with Crippen molar-refractivity contribution in [2.75, 3.05) is 0 Å². The van der Waals surface area contributed by atoms with Gasteiger partial charge in [-0.15, -0.1) is 0 Å². The molecule has 8 nitrogen and oxygen atoms in total. The first-order chi connectivity index (χ1) is 8.99. The minimum Gasteiger partial charge on any atom is -0.494 e. The predicted molar refractivity (Wildman–Crippen MR) is 62.2 cm³/mol. The molecule has 0 amide bonds. The van der Waals surface area contributed by atoms with Crippen LogP contribution in [0.4, 0.5) is 5.69 Å². The highest BCUT2D eigenvalue weighted by molar-refractivity contribution is 5.95. The van der Waals surface area contributed by atoms with Crippen LogP contribution in [0.1, 0.15) is 10.4 Å². The van der Waals surface area contributed by atoms with Gasteiger partial charge in [-0.05, 0) is 6.07 Å². The summed E-state index contributed by atoms with van der Waals surface area (Å²) in [7, 11) is 0. The molecule has 2 rings (SSSR count). The second-order valence-corrected chi connectivity index (χ2v) is 3.53. The van der Waals surface area contributed by atoms with E-state index in [4.69, 9.17) is 9.84 Å². The number of nitro benzene ring substituents is 1. The van der Waals surface area contributed by atoms with Crippen molar-refractivity contribution in [3.63, 3.8) is 0 Å². The Morgan fingerprint density at radius 2 is 2.00 bits per heavy atom. The lowest BCUT2D eigenvalue weighted by atomic mass is 10.2. The average Bonchev–Trinajstić information content (AvgIpc) is 2.67. The van der Waals surface area contributed by atoms with Gasteiger partial charge in [0, 0.05) is 12.1 Å². The van der Waals surface area contributed by atoms with E-state index in [2.05, 4.69) is 4.98 Å². The molecule has 19 heavy (non-hydrogen) atoms. The lowest BCUT2D eigenvalue weighted by molar-refractivity contribution is -0.385. The second kappa shape index (κ2) is 4.69. The Morgan fingerprint density at radius 3 is 2.58 bits per heavy atom. The van der Waals surface area contributed by atoms with Crippen molar-refractivity contribution in [2.24, 2.45) is 0 Å². The van der Waals surface area contributed by atoms with Crippen LogP contribution in [0.2, 0.25) is 0 Å². The van der Waals surface area contributed by atoms with Gasteiger partial charge < -0.3 is 14.9 Å². The molecule has 0 saturated carbocycles. The fourth-order valence-corrected chi connectivity index (χ4v) is 1.45. The number of nitro groups is 1. The first-order valence-corrected chi connectivity index (χ1v) is 5.05. The summed E-state index contributed by atoms with van der Waals surface area (Å²) in [4.78, 5) is 23.9. The van der Waals surface area contributed by atoms with Gasteiger partial charge in [-0.1, -0.05) is 12.1 Å². The third-order valence-corrected chi connectivity index (χ3v) is 2.27. The number of hydrogen-bond acceptors (Lipinski definition) is 6. The Labute approximate surface area is 106 Å². The number of nitrogens with one attached hydrogen (secondary N) is 1. The zero-order valence-electron chi connectivity index (χ0n) is 9.36. The summed E-state index contributed by atoms with van der Waals surface area (Å²) in [5.74, 6) is -2.28. The quantitative estimate of drug-likeness (QED) is 0.438. The first kappa shape index (κ1) is 12.4. The summed E-state index contributed by atoms with van der Waals surface area (Å²) in [5.41, 5.74) is -0.667. The van der Waals surface area contributed by atoms with E-state index in [0.717, 1.165) is 12.1 Å². The number of carbonyl (C=O) groups is 1. The first-order valence-electron chi connectivity index (χ1n) is 5.05. The molecule has 0 spiro atoms. The highest BCUT2D eigenvalue weighted by atomic mass is 16.6. The standard InChI is InChI=1S/C11H8N2O6/c14-9-5-8(10(15)12-9)19-11(16)6-3-1-2-4-7(6)13(17)18/h1-5,12,14-15H. The molecule has 0 radical (unpaired) electrons. The lowest BCUT2D eigenvalue weighted by Crippen LogP contribution is -2.10. The average molecular weight is 264 g/mol. The van der Waals surface area contributed by atoms with Crippen LogP contribution in [0, 0.1) is 10.1 Å². The van der Waals surface area contributed by atoms with Crippen LogP contribution < -0.4 is 4.74 Å². The van der Waals surface area contributed by atoms with Gasteiger partial charge in [0.05, 0.1) is 4.92 Å². The van der Waals surface area contributed by atoms with E-state index >= 15 is 0 Å². The monoisotopic (exact) mass is 264 g/mol. The van der Waals surface area contributed by atoms with Crippen molar-refractivity contribution in [3.8, 4) is 17.5 Å². The Bertz CT molecular complexity index is 648.